The Kier molecular flexibility index (Phi) is 3.56. The monoisotopic (exact) mass is 258 g/mol. The number of piperidine rings is 1. The van der Waals surface area contributed by atoms with Gasteiger partial charge in [0.05, 0.1) is 6.04 Å². The molecule has 3 nitrogen and oxygen atoms in total. The molecular weight excluding hydrogens is 236 g/mol. The Morgan fingerprint density at radius 3 is 2.89 bits per heavy atom. The van der Waals surface area contributed by atoms with Crippen LogP contribution in [0.3, 0.4) is 0 Å². The molecule has 19 heavy (non-hydrogen) atoms. The molecule has 2 N–H and O–H groups in total. The van der Waals surface area contributed by atoms with Crippen LogP contribution in [0.25, 0.3) is 0 Å². The van der Waals surface area contributed by atoms with Crippen LogP contribution >= 0.6 is 0 Å². The second kappa shape index (κ2) is 5.33. The number of carbonyl (C=O) groups is 1. The zero-order valence-corrected chi connectivity index (χ0v) is 11.5. The van der Waals surface area contributed by atoms with Crippen LogP contribution in [0, 0.1) is 0 Å². The molecule has 3 heteroatoms. The lowest BCUT2D eigenvalue weighted by Gasteiger charge is -2.27. The minimum atomic E-state index is -0.0306. The number of amides is 1. The molecule has 1 aliphatic carbocycles. The summed E-state index contributed by atoms with van der Waals surface area (Å²) in [5.41, 5.74) is 3.80. The SMILES string of the molecule is CC1CCCC(C(=O)Nc2ccc3c(c2)CCC3)N1. The zero-order valence-electron chi connectivity index (χ0n) is 11.5. The Labute approximate surface area is 114 Å². The standard InChI is InChI=1S/C16H22N2O/c1-11-4-2-7-15(17-11)16(19)18-14-9-8-12-5-3-6-13(12)10-14/h8-11,15,17H,2-7H2,1H3,(H,18,19). The van der Waals surface area contributed by atoms with Crippen molar-refractivity contribution in [2.24, 2.45) is 0 Å². The lowest BCUT2D eigenvalue weighted by molar-refractivity contribution is -0.118. The number of hydrogen-bond acceptors (Lipinski definition) is 2. The Balaban J connectivity index is 1.66. The summed E-state index contributed by atoms with van der Waals surface area (Å²) in [6.45, 7) is 2.15. The first-order valence-corrected chi connectivity index (χ1v) is 7.41. The van der Waals surface area contributed by atoms with Crippen LogP contribution in [0.15, 0.2) is 18.2 Å². The molecule has 0 bridgehead atoms. The van der Waals surface area contributed by atoms with Crippen molar-refractivity contribution in [3.63, 3.8) is 0 Å². The van der Waals surface area contributed by atoms with Gasteiger partial charge in [-0.25, -0.2) is 0 Å². The van der Waals surface area contributed by atoms with Crippen molar-refractivity contribution in [3.05, 3.63) is 29.3 Å². The van der Waals surface area contributed by atoms with E-state index in [1.54, 1.807) is 0 Å². The summed E-state index contributed by atoms with van der Waals surface area (Å²) in [6.07, 6.45) is 6.83. The third-order valence-corrected chi connectivity index (χ3v) is 4.30. The van der Waals surface area contributed by atoms with Gasteiger partial charge in [-0.3, -0.25) is 4.79 Å². The Bertz CT molecular complexity index is 484. The van der Waals surface area contributed by atoms with Gasteiger partial charge in [0.15, 0.2) is 0 Å². The number of rotatable bonds is 2. The Morgan fingerprint density at radius 1 is 1.21 bits per heavy atom. The summed E-state index contributed by atoms with van der Waals surface area (Å²) in [5, 5.41) is 6.44. The van der Waals surface area contributed by atoms with E-state index < -0.39 is 0 Å². The van der Waals surface area contributed by atoms with Crippen LogP contribution in [0.4, 0.5) is 5.69 Å². The maximum atomic E-state index is 12.2. The third kappa shape index (κ3) is 2.81. The molecule has 3 rings (SSSR count). The van der Waals surface area contributed by atoms with Gasteiger partial charge in [-0.15, -0.1) is 0 Å². The molecule has 0 saturated carbocycles. The largest absolute Gasteiger partial charge is 0.325 e. The summed E-state index contributed by atoms with van der Waals surface area (Å²) in [4.78, 5) is 12.2. The van der Waals surface area contributed by atoms with Crippen LogP contribution in [0.1, 0.15) is 43.7 Å². The van der Waals surface area contributed by atoms with E-state index in [9.17, 15) is 4.79 Å². The predicted molar refractivity (Wildman–Crippen MR) is 77.3 cm³/mol. The van der Waals surface area contributed by atoms with Gasteiger partial charge in [0.25, 0.3) is 0 Å². The molecule has 2 aliphatic rings. The quantitative estimate of drug-likeness (QED) is 0.856. The van der Waals surface area contributed by atoms with E-state index in [1.165, 1.54) is 30.4 Å². The number of aryl methyl sites for hydroxylation is 2. The van der Waals surface area contributed by atoms with Crippen molar-refractivity contribution in [2.45, 2.75) is 57.5 Å². The number of fused-ring (bicyclic) bond motifs is 1. The fourth-order valence-corrected chi connectivity index (χ4v) is 3.22. The molecule has 0 spiro atoms. The topological polar surface area (TPSA) is 41.1 Å². The average molecular weight is 258 g/mol. The molecule has 0 radical (unpaired) electrons. The number of nitrogens with one attached hydrogen (secondary N) is 2. The highest BCUT2D eigenvalue weighted by Crippen LogP contribution is 2.25. The van der Waals surface area contributed by atoms with E-state index in [1.807, 2.05) is 6.07 Å². The molecular formula is C16H22N2O. The normalized spacial score (nSPS) is 25.9. The van der Waals surface area contributed by atoms with Crippen molar-refractivity contribution in [2.75, 3.05) is 5.32 Å². The minimum Gasteiger partial charge on any atom is -0.325 e. The first-order chi connectivity index (χ1) is 9.22. The van der Waals surface area contributed by atoms with Gasteiger partial charge in [0.1, 0.15) is 0 Å². The first kappa shape index (κ1) is 12.7. The fourth-order valence-electron chi connectivity index (χ4n) is 3.22. The molecule has 2 atom stereocenters. The van der Waals surface area contributed by atoms with Gasteiger partial charge in [0.2, 0.25) is 5.91 Å². The number of carbonyl (C=O) groups excluding carboxylic acids is 1. The highest BCUT2D eigenvalue weighted by molar-refractivity contribution is 5.95. The van der Waals surface area contributed by atoms with Crippen LogP contribution in [0.2, 0.25) is 0 Å². The van der Waals surface area contributed by atoms with Crippen LogP contribution in [0.5, 0.6) is 0 Å². The van der Waals surface area contributed by atoms with Gasteiger partial charge < -0.3 is 10.6 Å². The predicted octanol–water partition coefficient (Wildman–Crippen LogP) is 2.64. The van der Waals surface area contributed by atoms with Crippen molar-refractivity contribution >= 4 is 11.6 Å². The lowest BCUT2D eigenvalue weighted by atomic mass is 9.99. The minimum absolute atomic E-state index is 0.0306. The van der Waals surface area contributed by atoms with Crippen molar-refractivity contribution in [1.82, 2.24) is 5.32 Å². The average Bonchev–Trinajstić information content (AvgIpc) is 2.86. The molecule has 1 amide bonds. The van der Waals surface area contributed by atoms with Crippen LogP contribution < -0.4 is 10.6 Å². The van der Waals surface area contributed by atoms with Gasteiger partial charge in [-0.2, -0.15) is 0 Å². The van der Waals surface area contributed by atoms with E-state index in [4.69, 9.17) is 0 Å². The van der Waals surface area contributed by atoms with Crippen molar-refractivity contribution in [1.29, 1.82) is 0 Å². The summed E-state index contributed by atoms with van der Waals surface area (Å²) in [6, 6.07) is 6.76. The van der Waals surface area contributed by atoms with E-state index in [2.05, 4.69) is 29.7 Å². The molecule has 1 saturated heterocycles. The number of hydrogen-bond donors (Lipinski definition) is 2. The second-order valence-electron chi connectivity index (χ2n) is 5.88. The van der Waals surface area contributed by atoms with Gasteiger partial charge >= 0.3 is 0 Å². The molecule has 1 aromatic rings. The molecule has 2 unspecified atom stereocenters. The van der Waals surface area contributed by atoms with Crippen LogP contribution in [-0.2, 0) is 17.6 Å². The van der Waals surface area contributed by atoms with E-state index in [-0.39, 0.29) is 11.9 Å². The zero-order chi connectivity index (χ0) is 13.2. The Morgan fingerprint density at radius 2 is 2.05 bits per heavy atom. The summed E-state index contributed by atoms with van der Waals surface area (Å²) >= 11 is 0. The lowest BCUT2D eigenvalue weighted by Crippen LogP contribution is -2.47. The maximum absolute atomic E-state index is 12.2. The molecule has 1 fully saturated rings. The molecule has 1 aromatic carbocycles. The maximum Gasteiger partial charge on any atom is 0.241 e. The molecule has 102 valence electrons. The molecule has 1 heterocycles. The second-order valence-corrected chi connectivity index (χ2v) is 5.88. The number of benzene rings is 1. The van der Waals surface area contributed by atoms with E-state index >= 15 is 0 Å². The molecule has 1 aliphatic heterocycles. The van der Waals surface area contributed by atoms with Gasteiger partial charge in [-0.1, -0.05) is 6.07 Å². The number of anilines is 1. The van der Waals surface area contributed by atoms with Crippen molar-refractivity contribution in [3.8, 4) is 0 Å². The van der Waals surface area contributed by atoms with Crippen molar-refractivity contribution < 1.29 is 4.79 Å². The van der Waals surface area contributed by atoms with Gasteiger partial charge in [0, 0.05) is 11.7 Å². The smallest absolute Gasteiger partial charge is 0.241 e. The highest BCUT2D eigenvalue weighted by atomic mass is 16.2. The van der Waals surface area contributed by atoms with E-state index in [0.29, 0.717) is 6.04 Å². The molecule has 0 aromatic heterocycles. The van der Waals surface area contributed by atoms with Crippen LogP contribution in [-0.4, -0.2) is 18.0 Å². The summed E-state index contributed by atoms with van der Waals surface area (Å²) in [7, 11) is 0. The van der Waals surface area contributed by atoms with E-state index in [0.717, 1.165) is 24.9 Å². The summed E-state index contributed by atoms with van der Waals surface area (Å²) in [5.74, 6) is 0.115. The fraction of sp³-hybridized carbons (Fsp3) is 0.562. The first-order valence-electron chi connectivity index (χ1n) is 7.41. The summed E-state index contributed by atoms with van der Waals surface area (Å²) < 4.78 is 0. The van der Waals surface area contributed by atoms with Gasteiger partial charge in [-0.05, 0) is 68.7 Å². The third-order valence-electron chi connectivity index (χ3n) is 4.30. The highest BCUT2D eigenvalue weighted by Gasteiger charge is 2.24. The Hall–Kier alpha value is -1.35.